The van der Waals surface area contributed by atoms with Crippen LogP contribution in [0.15, 0.2) is 23.1 Å². The van der Waals surface area contributed by atoms with Crippen molar-refractivity contribution in [3.63, 3.8) is 0 Å². The Morgan fingerprint density at radius 2 is 2.11 bits per heavy atom. The molecule has 0 aromatic heterocycles. The lowest BCUT2D eigenvalue weighted by Gasteiger charge is -2.28. The summed E-state index contributed by atoms with van der Waals surface area (Å²) >= 11 is 0. The summed E-state index contributed by atoms with van der Waals surface area (Å²) in [6.07, 6.45) is 0.583. The van der Waals surface area contributed by atoms with E-state index in [0.717, 1.165) is 6.07 Å². The zero-order chi connectivity index (χ0) is 14.0. The van der Waals surface area contributed by atoms with Crippen LogP contribution >= 0.6 is 0 Å². The lowest BCUT2D eigenvalue weighted by atomic mass is 10.00. The molecule has 0 aliphatic carbocycles. The summed E-state index contributed by atoms with van der Waals surface area (Å²) in [5.74, 6) is -0.727. The van der Waals surface area contributed by atoms with Crippen molar-refractivity contribution in [3.05, 3.63) is 24.0 Å². The van der Waals surface area contributed by atoms with E-state index < -0.39 is 21.4 Å². The van der Waals surface area contributed by atoms with Crippen LogP contribution in [0.4, 0.5) is 10.1 Å². The largest absolute Gasteiger partial charge is 0.394 e. The fourth-order valence-corrected chi connectivity index (χ4v) is 1.86. The Morgan fingerprint density at radius 1 is 1.50 bits per heavy atom. The average Bonchev–Trinajstić information content (AvgIpc) is 2.30. The smallest absolute Gasteiger partial charge is 0.238 e. The van der Waals surface area contributed by atoms with Crippen molar-refractivity contribution >= 4 is 15.7 Å². The van der Waals surface area contributed by atoms with Gasteiger partial charge in [0.1, 0.15) is 5.82 Å². The number of benzene rings is 1. The number of nitrogens with two attached hydrogens (primary N) is 1. The highest BCUT2D eigenvalue weighted by molar-refractivity contribution is 7.89. The lowest BCUT2D eigenvalue weighted by Crippen LogP contribution is -2.38. The third-order valence-electron chi connectivity index (χ3n) is 2.83. The molecule has 0 radical (unpaired) electrons. The van der Waals surface area contributed by atoms with E-state index in [1.165, 1.54) is 12.1 Å². The highest BCUT2D eigenvalue weighted by Crippen LogP contribution is 2.23. The van der Waals surface area contributed by atoms with Gasteiger partial charge in [-0.2, -0.15) is 0 Å². The maximum absolute atomic E-state index is 13.7. The van der Waals surface area contributed by atoms with E-state index in [9.17, 15) is 17.9 Å². The van der Waals surface area contributed by atoms with Gasteiger partial charge in [0.05, 0.1) is 22.7 Å². The van der Waals surface area contributed by atoms with Gasteiger partial charge >= 0.3 is 0 Å². The van der Waals surface area contributed by atoms with Crippen molar-refractivity contribution in [1.82, 2.24) is 0 Å². The normalized spacial score (nSPS) is 15.2. The Labute approximate surface area is 106 Å². The van der Waals surface area contributed by atoms with Crippen LogP contribution in [0.3, 0.4) is 0 Å². The molecule has 0 saturated heterocycles. The zero-order valence-corrected chi connectivity index (χ0v) is 11.1. The molecular weight excluding hydrogens is 259 g/mol. The van der Waals surface area contributed by atoms with Gasteiger partial charge < -0.3 is 10.4 Å². The summed E-state index contributed by atoms with van der Waals surface area (Å²) in [7, 11) is -3.91. The van der Waals surface area contributed by atoms with Gasteiger partial charge in [-0.3, -0.25) is 0 Å². The molecule has 1 atom stereocenters. The molecule has 0 spiro atoms. The first-order chi connectivity index (χ1) is 8.22. The van der Waals surface area contributed by atoms with E-state index in [4.69, 9.17) is 5.14 Å². The number of aliphatic hydroxyl groups is 1. The zero-order valence-electron chi connectivity index (χ0n) is 10.3. The third-order valence-corrected chi connectivity index (χ3v) is 3.75. The summed E-state index contributed by atoms with van der Waals surface area (Å²) in [6.45, 7) is 3.42. The Morgan fingerprint density at radius 3 is 2.50 bits per heavy atom. The Hall–Kier alpha value is -1.18. The first-order valence-electron chi connectivity index (χ1n) is 5.43. The molecule has 5 nitrogen and oxygen atoms in total. The molecule has 0 heterocycles. The van der Waals surface area contributed by atoms with Crippen LogP contribution in [0, 0.1) is 5.82 Å². The van der Waals surface area contributed by atoms with E-state index >= 15 is 0 Å². The van der Waals surface area contributed by atoms with Crippen LogP contribution in [-0.2, 0) is 10.0 Å². The van der Waals surface area contributed by atoms with E-state index in [1.807, 2.05) is 6.92 Å². The number of hydrogen-bond donors (Lipinski definition) is 3. The lowest BCUT2D eigenvalue weighted by molar-refractivity contribution is 0.218. The number of anilines is 1. The standard InChI is InChI=1S/C11H17FN2O3S/c1-3-11(2,7-15)14-10-5-4-8(6-9(10)12)18(13,16)17/h4-6,14-15H,3,7H2,1-2H3,(H2,13,16,17). The van der Waals surface area contributed by atoms with Crippen LogP contribution in [0.5, 0.6) is 0 Å². The monoisotopic (exact) mass is 276 g/mol. The quantitative estimate of drug-likeness (QED) is 0.749. The summed E-state index contributed by atoms with van der Waals surface area (Å²) in [5.41, 5.74) is -0.537. The summed E-state index contributed by atoms with van der Waals surface area (Å²) in [6, 6.07) is 3.36. The number of rotatable bonds is 5. The topological polar surface area (TPSA) is 92.4 Å². The van der Waals surface area contributed by atoms with Crippen molar-refractivity contribution in [2.45, 2.75) is 30.7 Å². The second-order valence-electron chi connectivity index (χ2n) is 4.38. The van der Waals surface area contributed by atoms with Gasteiger partial charge in [-0.25, -0.2) is 17.9 Å². The first kappa shape index (κ1) is 14.9. The predicted molar refractivity (Wildman–Crippen MR) is 67.2 cm³/mol. The van der Waals surface area contributed by atoms with Gasteiger partial charge in [-0.15, -0.1) is 0 Å². The first-order valence-corrected chi connectivity index (χ1v) is 6.98. The van der Waals surface area contributed by atoms with Crippen molar-refractivity contribution < 1.29 is 17.9 Å². The van der Waals surface area contributed by atoms with E-state index in [0.29, 0.717) is 6.42 Å². The predicted octanol–water partition coefficient (Wildman–Crippen LogP) is 1.05. The minimum atomic E-state index is -3.91. The van der Waals surface area contributed by atoms with E-state index in [1.54, 1.807) is 6.92 Å². The maximum atomic E-state index is 13.7. The second-order valence-corrected chi connectivity index (χ2v) is 5.95. The SMILES string of the molecule is CCC(C)(CO)Nc1ccc(S(N)(=O)=O)cc1F. The highest BCUT2D eigenvalue weighted by Gasteiger charge is 2.22. The van der Waals surface area contributed by atoms with E-state index in [2.05, 4.69) is 5.32 Å². The minimum Gasteiger partial charge on any atom is -0.394 e. The molecule has 1 aromatic carbocycles. The van der Waals surface area contributed by atoms with Gasteiger partial charge in [0, 0.05) is 0 Å². The van der Waals surface area contributed by atoms with Gasteiger partial charge in [0.15, 0.2) is 0 Å². The van der Waals surface area contributed by atoms with Crippen LogP contribution in [0.2, 0.25) is 0 Å². The Balaban J connectivity index is 3.08. The Bertz CT molecular complexity index is 527. The van der Waals surface area contributed by atoms with Crippen molar-refractivity contribution in [2.24, 2.45) is 5.14 Å². The van der Waals surface area contributed by atoms with Crippen LogP contribution in [0.1, 0.15) is 20.3 Å². The van der Waals surface area contributed by atoms with Crippen LogP contribution in [-0.4, -0.2) is 25.7 Å². The number of halogens is 1. The molecule has 0 bridgehead atoms. The maximum Gasteiger partial charge on any atom is 0.238 e. The molecule has 1 unspecified atom stereocenters. The number of primary sulfonamides is 1. The summed E-state index contributed by atoms with van der Waals surface area (Å²) in [4.78, 5) is -0.284. The van der Waals surface area contributed by atoms with Crippen molar-refractivity contribution in [3.8, 4) is 0 Å². The molecule has 1 aromatic rings. The molecular formula is C11H17FN2O3S. The molecule has 0 fully saturated rings. The van der Waals surface area contributed by atoms with E-state index in [-0.39, 0.29) is 17.2 Å². The van der Waals surface area contributed by atoms with Gasteiger partial charge in [0.25, 0.3) is 0 Å². The molecule has 0 saturated carbocycles. The third kappa shape index (κ3) is 3.41. The van der Waals surface area contributed by atoms with Crippen molar-refractivity contribution in [2.75, 3.05) is 11.9 Å². The molecule has 4 N–H and O–H groups in total. The van der Waals surface area contributed by atoms with Gasteiger partial charge in [0.2, 0.25) is 10.0 Å². The van der Waals surface area contributed by atoms with Crippen LogP contribution in [0.25, 0.3) is 0 Å². The fourth-order valence-electron chi connectivity index (χ4n) is 1.34. The number of sulfonamides is 1. The highest BCUT2D eigenvalue weighted by atomic mass is 32.2. The number of aliphatic hydroxyl groups excluding tert-OH is 1. The van der Waals surface area contributed by atoms with Crippen LogP contribution < -0.4 is 10.5 Å². The second kappa shape index (κ2) is 5.21. The molecule has 0 aliphatic heterocycles. The summed E-state index contributed by atoms with van der Waals surface area (Å²) < 4.78 is 35.8. The fraction of sp³-hybridized carbons (Fsp3) is 0.455. The molecule has 7 heteroatoms. The van der Waals surface area contributed by atoms with Gasteiger partial charge in [-0.05, 0) is 31.5 Å². The average molecular weight is 276 g/mol. The molecule has 102 valence electrons. The minimum absolute atomic E-state index is 0.126. The number of hydrogen-bond acceptors (Lipinski definition) is 4. The molecule has 1 rings (SSSR count). The molecule has 0 aliphatic rings. The molecule has 18 heavy (non-hydrogen) atoms. The van der Waals surface area contributed by atoms with Crippen molar-refractivity contribution in [1.29, 1.82) is 0 Å². The molecule has 0 amide bonds. The number of nitrogens with one attached hydrogen (secondary N) is 1. The Kier molecular flexibility index (Phi) is 4.31. The van der Waals surface area contributed by atoms with Gasteiger partial charge in [-0.1, -0.05) is 6.92 Å². The summed E-state index contributed by atoms with van der Waals surface area (Å²) in [5, 5.41) is 17.0.